The molecule has 0 saturated carbocycles. The average molecular weight is 376 g/mol. The molecule has 3 rings (SSSR count). The van der Waals surface area contributed by atoms with Crippen molar-refractivity contribution >= 4 is 15.5 Å². The van der Waals surface area contributed by atoms with Gasteiger partial charge in [0, 0.05) is 12.1 Å². The van der Waals surface area contributed by atoms with Crippen LogP contribution in [-0.4, -0.2) is 42.4 Å². The predicted octanol–water partition coefficient (Wildman–Crippen LogP) is 2.15. The zero-order valence-electron chi connectivity index (χ0n) is 14.5. The van der Waals surface area contributed by atoms with E-state index >= 15 is 0 Å². The highest BCUT2D eigenvalue weighted by Gasteiger charge is 2.15. The molecule has 2 heterocycles. The van der Waals surface area contributed by atoms with Gasteiger partial charge in [-0.1, -0.05) is 18.2 Å². The first-order chi connectivity index (χ1) is 12.4. The summed E-state index contributed by atoms with van der Waals surface area (Å²) in [4.78, 5) is 4.23. The van der Waals surface area contributed by atoms with Crippen LogP contribution < -0.4 is 14.2 Å². The first kappa shape index (κ1) is 18.2. The van der Waals surface area contributed by atoms with Gasteiger partial charge in [-0.2, -0.15) is 10.1 Å². The Morgan fingerprint density at radius 3 is 2.73 bits per heavy atom. The molecular formula is C17H20N4O4S. The van der Waals surface area contributed by atoms with Gasteiger partial charge in [0.2, 0.25) is 15.9 Å². The molecule has 9 heteroatoms. The largest absolute Gasteiger partial charge is 0.492 e. The van der Waals surface area contributed by atoms with Crippen molar-refractivity contribution in [2.45, 2.75) is 13.3 Å². The average Bonchev–Trinajstić information content (AvgIpc) is 2.92. The molecule has 0 bridgehead atoms. The summed E-state index contributed by atoms with van der Waals surface area (Å²) in [5, 5.41) is 4.20. The topological polar surface area (TPSA) is 94.8 Å². The van der Waals surface area contributed by atoms with Crippen molar-refractivity contribution in [1.82, 2.24) is 19.3 Å². The summed E-state index contributed by atoms with van der Waals surface area (Å²) < 4.78 is 37.8. The molecule has 1 N–H and O–H groups in total. The third kappa shape index (κ3) is 4.50. The minimum absolute atomic E-state index is 0.327. The van der Waals surface area contributed by atoms with E-state index in [2.05, 4.69) is 14.8 Å². The predicted molar refractivity (Wildman–Crippen MR) is 97.2 cm³/mol. The number of aryl methyl sites for hydroxylation is 1. The van der Waals surface area contributed by atoms with E-state index in [-0.39, 0.29) is 0 Å². The highest BCUT2D eigenvalue weighted by Crippen LogP contribution is 2.31. The lowest BCUT2D eigenvalue weighted by Crippen LogP contribution is -2.24. The molecule has 0 unspecified atom stereocenters. The number of hydrogen-bond donors (Lipinski definition) is 1. The number of sulfonamides is 1. The minimum Gasteiger partial charge on any atom is -0.492 e. The molecule has 2 aromatic heterocycles. The Bertz CT molecular complexity index is 987. The molecule has 0 fully saturated rings. The minimum atomic E-state index is -3.18. The van der Waals surface area contributed by atoms with Crippen LogP contribution in [0.4, 0.5) is 0 Å². The number of ether oxygens (including phenoxy) is 2. The number of nitrogens with one attached hydrogen (secondary N) is 1. The Labute approximate surface area is 151 Å². The number of para-hydroxylation sites is 1. The number of aromatic nitrogens is 3. The van der Waals surface area contributed by atoms with Crippen LogP contribution in [0, 0.1) is 6.92 Å². The smallest absolute Gasteiger partial charge is 0.247 e. The summed E-state index contributed by atoms with van der Waals surface area (Å²) in [6, 6.07) is 9.39. The summed E-state index contributed by atoms with van der Waals surface area (Å²) in [5.74, 6) is 1.78. The Kier molecular flexibility index (Phi) is 5.38. The molecule has 8 nitrogen and oxygen atoms in total. The molecule has 0 radical (unpaired) electrons. The van der Waals surface area contributed by atoms with Crippen LogP contribution in [-0.2, 0) is 10.0 Å². The van der Waals surface area contributed by atoms with Gasteiger partial charge in [0.25, 0.3) is 0 Å². The van der Waals surface area contributed by atoms with Gasteiger partial charge in [0.05, 0.1) is 19.1 Å². The molecule has 3 aromatic rings. The second-order valence-electron chi connectivity index (χ2n) is 5.76. The molecule has 26 heavy (non-hydrogen) atoms. The first-order valence-electron chi connectivity index (χ1n) is 8.07. The molecule has 0 saturated heterocycles. The van der Waals surface area contributed by atoms with Crippen molar-refractivity contribution in [1.29, 1.82) is 0 Å². The Hall–Kier alpha value is -2.65. The van der Waals surface area contributed by atoms with Crippen LogP contribution >= 0.6 is 0 Å². The van der Waals surface area contributed by atoms with Crippen LogP contribution in [0.3, 0.4) is 0 Å². The maximum absolute atomic E-state index is 11.0. The molecule has 0 aliphatic carbocycles. The van der Waals surface area contributed by atoms with E-state index in [4.69, 9.17) is 9.47 Å². The van der Waals surface area contributed by atoms with Gasteiger partial charge >= 0.3 is 0 Å². The van der Waals surface area contributed by atoms with Crippen molar-refractivity contribution < 1.29 is 17.9 Å². The highest BCUT2D eigenvalue weighted by molar-refractivity contribution is 7.88. The molecule has 0 spiro atoms. The Morgan fingerprint density at radius 1 is 1.23 bits per heavy atom. The summed E-state index contributed by atoms with van der Waals surface area (Å²) >= 11 is 0. The summed E-state index contributed by atoms with van der Waals surface area (Å²) in [5.41, 5.74) is 1.58. The highest BCUT2D eigenvalue weighted by atomic mass is 32.2. The van der Waals surface area contributed by atoms with Crippen molar-refractivity contribution in [2.75, 3.05) is 19.4 Å². The van der Waals surface area contributed by atoms with Gasteiger partial charge in [-0.15, -0.1) is 0 Å². The van der Waals surface area contributed by atoms with Gasteiger partial charge < -0.3 is 9.47 Å². The monoisotopic (exact) mass is 376 g/mol. The molecule has 0 aliphatic rings. The lowest BCUT2D eigenvalue weighted by atomic mass is 10.3. The Morgan fingerprint density at radius 2 is 2.00 bits per heavy atom. The van der Waals surface area contributed by atoms with E-state index in [9.17, 15) is 8.42 Å². The van der Waals surface area contributed by atoms with E-state index in [0.717, 1.165) is 17.3 Å². The lowest BCUT2D eigenvalue weighted by molar-refractivity contribution is 0.310. The SMILES string of the molecule is Cc1c(OCCCNS(C)(=O)=O)cn2ncnc(Oc3ccccc3)c12. The lowest BCUT2D eigenvalue weighted by Gasteiger charge is -2.07. The third-order valence-electron chi connectivity index (χ3n) is 3.65. The Balaban J connectivity index is 1.73. The quantitative estimate of drug-likeness (QED) is 0.605. The first-order valence-corrected chi connectivity index (χ1v) is 9.96. The summed E-state index contributed by atoms with van der Waals surface area (Å²) in [6.45, 7) is 2.61. The van der Waals surface area contributed by atoms with Crippen molar-refractivity contribution in [3.05, 3.63) is 48.4 Å². The van der Waals surface area contributed by atoms with Crippen LogP contribution in [0.25, 0.3) is 5.52 Å². The van der Waals surface area contributed by atoms with E-state index < -0.39 is 10.0 Å². The zero-order valence-corrected chi connectivity index (χ0v) is 15.4. The second-order valence-corrected chi connectivity index (χ2v) is 7.59. The normalized spacial score (nSPS) is 11.6. The molecule has 1 aromatic carbocycles. The number of benzene rings is 1. The second kappa shape index (κ2) is 7.71. The van der Waals surface area contributed by atoms with Crippen molar-refractivity contribution in [2.24, 2.45) is 0 Å². The molecule has 138 valence electrons. The van der Waals surface area contributed by atoms with Crippen LogP contribution in [0.5, 0.6) is 17.4 Å². The summed E-state index contributed by atoms with van der Waals surface area (Å²) in [7, 11) is -3.18. The molecular weight excluding hydrogens is 356 g/mol. The van der Waals surface area contributed by atoms with Crippen molar-refractivity contribution in [3.63, 3.8) is 0 Å². The van der Waals surface area contributed by atoms with Crippen LogP contribution in [0.2, 0.25) is 0 Å². The van der Waals surface area contributed by atoms with E-state index in [1.165, 1.54) is 6.33 Å². The number of rotatable bonds is 8. The van der Waals surface area contributed by atoms with E-state index in [1.54, 1.807) is 10.7 Å². The maximum atomic E-state index is 11.0. The molecule has 0 amide bonds. The molecule has 0 aliphatic heterocycles. The van der Waals surface area contributed by atoms with Gasteiger partial charge in [-0.05, 0) is 25.5 Å². The van der Waals surface area contributed by atoms with Crippen molar-refractivity contribution in [3.8, 4) is 17.4 Å². The van der Waals surface area contributed by atoms with Gasteiger partial charge in [-0.3, -0.25) is 0 Å². The number of fused-ring (bicyclic) bond motifs is 1. The maximum Gasteiger partial charge on any atom is 0.247 e. The van der Waals surface area contributed by atoms with Gasteiger partial charge in [0.15, 0.2) is 0 Å². The van der Waals surface area contributed by atoms with Gasteiger partial charge in [-0.25, -0.2) is 17.7 Å². The van der Waals surface area contributed by atoms with Gasteiger partial charge in [0.1, 0.15) is 23.3 Å². The fourth-order valence-corrected chi connectivity index (χ4v) is 2.95. The standard InChI is InChI=1S/C17H20N4O4S/c1-13-15(24-10-6-9-20-26(2,22)23)11-21-16(13)17(18-12-19-21)25-14-7-4-3-5-8-14/h3-5,7-8,11-12,20H,6,9-10H2,1-2H3. The number of nitrogens with zero attached hydrogens (tertiary/aromatic N) is 3. The third-order valence-corrected chi connectivity index (χ3v) is 4.38. The fourth-order valence-electron chi connectivity index (χ4n) is 2.44. The fraction of sp³-hybridized carbons (Fsp3) is 0.294. The number of hydrogen-bond acceptors (Lipinski definition) is 6. The van der Waals surface area contributed by atoms with Crippen LogP contribution in [0.1, 0.15) is 12.0 Å². The van der Waals surface area contributed by atoms with E-state index in [0.29, 0.717) is 37.0 Å². The zero-order chi connectivity index (χ0) is 18.6. The summed E-state index contributed by atoms with van der Waals surface area (Å²) in [6.07, 6.45) is 4.86. The van der Waals surface area contributed by atoms with Crippen LogP contribution in [0.15, 0.2) is 42.9 Å². The van der Waals surface area contributed by atoms with E-state index in [1.807, 2.05) is 37.3 Å². The molecule has 0 atom stereocenters.